The van der Waals surface area contributed by atoms with E-state index in [4.69, 9.17) is 4.74 Å². The summed E-state index contributed by atoms with van der Waals surface area (Å²) >= 11 is 0. The van der Waals surface area contributed by atoms with E-state index < -0.39 is 17.5 Å². The minimum Gasteiger partial charge on any atom is -0.504 e. The van der Waals surface area contributed by atoms with Crippen LogP contribution in [0.15, 0.2) is 53.6 Å². The second-order valence-corrected chi connectivity index (χ2v) is 6.54. The highest BCUT2D eigenvalue weighted by Gasteiger charge is 2.47. The van der Waals surface area contributed by atoms with Gasteiger partial charge in [-0.3, -0.25) is 4.79 Å². The van der Waals surface area contributed by atoms with E-state index in [1.165, 1.54) is 19.4 Å². The molecule has 0 saturated carbocycles. The Kier molecular flexibility index (Phi) is 5.12. The van der Waals surface area contributed by atoms with Crippen LogP contribution in [0.25, 0.3) is 0 Å². The molecule has 7 heteroatoms. The van der Waals surface area contributed by atoms with E-state index in [0.29, 0.717) is 24.2 Å². The molecular formula is C20H21N3O4. The van der Waals surface area contributed by atoms with E-state index in [0.717, 1.165) is 10.6 Å². The summed E-state index contributed by atoms with van der Waals surface area (Å²) in [5.41, 5.74) is 0.620. The molecule has 0 bridgehead atoms. The van der Waals surface area contributed by atoms with Gasteiger partial charge in [0.1, 0.15) is 5.54 Å². The standard InChI is InChI=1S/C20H21N3O4/c1-20(11-10-14-6-4-3-5-7-14)18(25)23(19(26)22-20)21-13-15-8-9-17(27-2)16(24)12-15/h3-9,12-13,24H,10-11H2,1-2H3,(H,22,26)/b21-13-/t20-/m0/s1. The number of hydrazone groups is 1. The van der Waals surface area contributed by atoms with Gasteiger partial charge < -0.3 is 15.2 Å². The molecule has 1 atom stereocenters. The Morgan fingerprint density at radius 2 is 1.96 bits per heavy atom. The number of phenols is 1. The number of aryl methyl sites for hydroxylation is 1. The van der Waals surface area contributed by atoms with Crippen molar-refractivity contribution >= 4 is 18.2 Å². The predicted octanol–water partition coefficient (Wildman–Crippen LogP) is 2.68. The molecule has 0 radical (unpaired) electrons. The van der Waals surface area contributed by atoms with Gasteiger partial charge in [0.15, 0.2) is 11.5 Å². The highest BCUT2D eigenvalue weighted by Crippen LogP contribution is 2.26. The van der Waals surface area contributed by atoms with Crippen LogP contribution in [0.5, 0.6) is 11.5 Å². The summed E-state index contributed by atoms with van der Waals surface area (Å²) in [4.78, 5) is 24.9. The zero-order chi connectivity index (χ0) is 19.4. The average Bonchev–Trinajstić information content (AvgIpc) is 2.88. The highest BCUT2D eigenvalue weighted by atomic mass is 16.5. The van der Waals surface area contributed by atoms with E-state index >= 15 is 0 Å². The van der Waals surface area contributed by atoms with E-state index in [1.54, 1.807) is 19.1 Å². The first-order valence-corrected chi connectivity index (χ1v) is 8.54. The van der Waals surface area contributed by atoms with Crippen LogP contribution in [0.2, 0.25) is 0 Å². The fourth-order valence-corrected chi connectivity index (χ4v) is 2.89. The molecule has 3 amide bonds. The number of ether oxygens (including phenoxy) is 1. The zero-order valence-corrected chi connectivity index (χ0v) is 15.2. The van der Waals surface area contributed by atoms with Gasteiger partial charge in [0.2, 0.25) is 0 Å². The largest absolute Gasteiger partial charge is 0.504 e. The van der Waals surface area contributed by atoms with Gasteiger partial charge in [-0.1, -0.05) is 30.3 Å². The van der Waals surface area contributed by atoms with Crippen molar-refractivity contribution < 1.29 is 19.4 Å². The van der Waals surface area contributed by atoms with Gasteiger partial charge in [-0.2, -0.15) is 5.10 Å². The van der Waals surface area contributed by atoms with Crippen LogP contribution in [0.3, 0.4) is 0 Å². The first kappa shape index (κ1) is 18.4. The van der Waals surface area contributed by atoms with Gasteiger partial charge in [0.05, 0.1) is 13.3 Å². The Morgan fingerprint density at radius 3 is 2.63 bits per heavy atom. The fourth-order valence-electron chi connectivity index (χ4n) is 2.89. The Morgan fingerprint density at radius 1 is 1.22 bits per heavy atom. The van der Waals surface area contributed by atoms with Gasteiger partial charge in [-0.25, -0.2) is 4.79 Å². The third kappa shape index (κ3) is 3.92. The quantitative estimate of drug-likeness (QED) is 0.607. The minimum atomic E-state index is -1.01. The molecule has 0 spiro atoms. The van der Waals surface area contributed by atoms with E-state index in [-0.39, 0.29) is 5.75 Å². The molecule has 2 aromatic carbocycles. The van der Waals surface area contributed by atoms with Gasteiger partial charge in [-0.15, -0.1) is 5.01 Å². The topological polar surface area (TPSA) is 91.2 Å². The van der Waals surface area contributed by atoms with Crippen LogP contribution in [0.4, 0.5) is 4.79 Å². The second-order valence-electron chi connectivity index (χ2n) is 6.54. The molecule has 3 rings (SSSR count). The molecule has 0 aliphatic carbocycles. The summed E-state index contributed by atoms with van der Waals surface area (Å²) in [6, 6.07) is 13.9. The first-order chi connectivity index (χ1) is 12.9. The maximum absolute atomic E-state index is 12.7. The van der Waals surface area contributed by atoms with Crippen molar-refractivity contribution in [2.45, 2.75) is 25.3 Å². The number of amides is 3. The summed E-state index contributed by atoms with van der Waals surface area (Å²) in [5.74, 6) is -0.126. The van der Waals surface area contributed by atoms with Crippen molar-refractivity contribution in [1.29, 1.82) is 0 Å². The van der Waals surface area contributed by atoms with Gasteiger partial charge in [0.25, 0.3) is 5.91 Å². The number of carbonyl (C=O) groups is 2. The summed E-state index contributed by atoms with van der Waals surface area (Å²) < 4.78 is 4.98. The van der Waals surface area contributed by atoms with Crippen molar-refractivity contribution in [2.75, 3.05) is 7.11 Å². The summed E-state index contributed by atoms with van der Waals surface area (Å²) in [6.45, 7) is 1.70. The number of methoxy groups -OCH3 is 1. The monoisotopic (exact) mass is 367 g/mol. The molecule has 0 aromatic heterocycles. The lowest BCUT2D eigenvalue weighted by Crippen LogP contribution is -2.44. The third-order valence-corrected chi connectivity index (χ3v) is 4.52. The lowest BCUT2D eigenvalue weighted by molar-refractivity contribution is -0.130. The fraction of sp³-hybridized carbons (Fsp3) is 0.250. The van der Waals surface area contributed by atoms with Crippen molar-refractivity contribution in [3.8, 4) is 11.5 Å². The van der Waals surface area contributed by atoms with Crippen molar-refractivity contribution in [2.24, 2.45) is 5.10 Å². The summed E-state index contributed by atoms with van der Waals surface area (Å²) in [5, 5.41) is 17.3. The molecule has 7 nitrogen and oxygen atoms in total. The summed E-state index contributed by atoms with van der Waals surface area (Å²) in [6.07, 6.45) is 2.48. The van der Waals surface area contributed by atoms with E-state index in [9.17, 15) is 14.7 Å². The van der Waals surface area contributed by atoms with Crippen molar-refractivity contribution in [3.63, 3.8) is 0 Å². The number of urea groups is 1. The highest BCUT2D eigenvalue weighted by molar-refractivity contribution is 6.07. The number of rotatable bonds is 6. The number of aromatic hydroxyl groups is 1. The van der Waals surface area contributed by atoms with Gasteiger partial charge in [0, 0.05) is 0 Å². The number of imide groups is 1. The molecule has 2 N–H and O–H groups in total. The van der Waals surface area contributed by atoms with Crippen LogP contribution in [-0.2, 0) is 11.2 Å². The Hall–Kier alpha value is -3.35. The smallest absolute Gasteiger partial charge is 0.346 e. The number of benzene rings is 2. The Balaban J connectivity index is 1.70. The minimum absolute atomic E-state index is 0.0497. The van der Waals surface area contributed by atoms with Crippen LogP contribution >= 0.6 is 0 Å². The summed E-state index contributed by atoms with van der Waals surface area (Å²) in [7, 11) is 1.45. The lowest BCUT2D eigenvalue weighted by atomic mass is 9.93. The molecule has 1 fully saturated rings. The number of hydrogen-bond donors (Lipinski definition) is 2. The Bertz CT molecular complexity index is 882. The third-order valence-electron chi connectivity index (χ3n) is 4.52. The number of phenolic OH excluding ortho intramolecular Hbond substituents is 1. The van der Waals surface area contributed by atoms with Crippen molar-refractivity contribution in [1.82, 2.24) is 10.3 Å². The molecule has 1 saturated heterocycles. The zero-order valence-electron chi connectivity index (χ0n) is 15.2. The predicted molar refractivity (Wildman–Crippen MR) is 101 cm³/mol. The van der Waals surface area contributed by atoms with Crippen LogP contribution in [-0.4, -0.2) is 40.9 Å². The average molecular weight is 367 g/mol. The molecule has 1 aliphatic heterocycles. The molecule has 27 heavy (non-hydrogen) atoms. The molecule has 1 heterocycles. The van der Waals surface area contributed by atoms with E-state index in [1.807, 2.05) is 30.3 Å². The van der Waals surface area contributed by atoms with Crippen LogP contribution in [0, 0.1) is 0 Å². The molecule has 1 aliphatic rings. The molecular weight excluding hydrogens is 346 g/mol. The van der Waals surface area contributed by atoms with Crippen LogP contribution < -0.4 is 10.1 Å². The number of nitrogens with one attached hydrogen (secondary N) is 1. The molecule has 2 aromatic rings. The normalized spacial score (nSPS) is 19.6. The van der Waals surface area contributed by atoms with Gasteiger partial charge >= 0.3 is 6.03 Å². The lowest BCUT2D eigenvalue weighted by Gasteiger charge is -2.20. The SMILES string of the molecule is COc1ccc(/C=N\N2C(=O)N[C@@](C)(CCc3ccccc3)C2=O)cc1O. The number of nitrogens with zero attached hydrogens (tertiary/aromatic N) is 2. The van der Waals surface area contributed by atoms with Gasteiger partial charge in [-0.05, 0) is 49.1 Å². The number of carbonyl (C=O) groups excluding carboxylic acids is 2. The maximum Gasteiger partial charge on any atom is 0.346 e. The van der Waals surface area contributed by atoms with E-state index in [2.05, 4.69) is 10.4 Å². The molecule has 0 unspecified atom stereocenters. The van der Waals surface area contributed by atoms with Crippen molar-refractivity contribution in [3.05, 3.63) is 59.7 Å². The first-order valence-electron chi connectivity index (χ1n) is 8.54. The van der Waals surface area contributed by atoms with Crippen LogP contribution in [0.1, 0.15) is 24.5 Å². The molecule has 140 valence electrons. The Labute approximate surface area is 157 Å². The second kappa shape index (κ2) is 7.49. The number of hydrogen-bond acceptors (Lipinski definition) is 5. The maximum atomic E-state index is 12.7.